The van der Waals surface area contributed by atoms with E-state index in [1.807, 2.05) is 6.92 Å². The normalized spacial score (nSPS) is 19.2. The van der Waals surface area contributed by atoms with E-state index in [1.54, 1.807) is 22.8 Å². The van der Waals surface area contributed by atoms with Crippen molar-refractivity contribution in [3.05, 3.63) is 17.5 Å². The van der Waals surface area contributed by atoms with E-state index in [-0.39, 0.29) is 5.91 Å². The van der Waals surface area contributed by atoms with Crippen molar-refractivity contribution in [2.45, 2.75) is 19.8 Å². The van der Waals surface area contributed by atoms with Gasteiger partial charge in [0.2, 0.25) is 0 Å². The van der Waals surface area contributed by atoms with Crippen LogP contribution in [0, 0.1) is 5.92 Å². The van der Waals surface area contributed by atoms with Gasteiger partial charge in [-0.1, -0.05) is 6.92 Å². The van der Waals surface area contributed by atoms with Crippen molar-refractivity contribution < 1.29 is 14.7 Å². The zero-order chi connectivity index (χ0) is 13.3. The summed E-state index contributed by atoms with van der Waals surface area (Å²) in [5, 5.41) is 13.2. The van der Waals surface area contributed by atoms with Gasteiger partial charge in [0.15, 0.2) is 0 Å². The van der Waals surface area contributed by atoms with Crippen LogP contribution in [0.4, 0.5) is 0 Å². The van der Waals surface area contributed by atoms with E-state index in [4.69, 9.17) is 5.11 Å². The monoisotopic (exact) mass is 251 g/mol. The molecule has 1 aromatic rings. The van der Waals surface area contributed by atoms with Crippen LogP contribution in [0.15, 0.2) is 6.20 Å². The molecule has 1 amide bonds. The summed E-state index contributed by atoms with van der Waals surface area (Å²) in [5.74, 6) is -1.37. The number of carboxylic acid groups (broad SMARTS) is 1. The number of hydrogen-bond donors (Lipinski definition) is 1. The van der Waals surface area contributed by atoms with E-state index in [2.05, 4.69) is 5.10 Å². The predicted octanol–water partition coefficient (Wildman–Crippen LogP) is 0.529. The summed E-state index contributed by atoms with van der Waals surface area (Å²) < 4.78 is 1.62. The molecule has 98 valence electrons. The predicted molar refractivity (Wildman–Crippen MR) is 64.2 cm³/mol. The largest absolute Gasteiger partial charge is 0.481 e. The number of carboxylic acids is 1. The number of aromatic nitrogens is 2. The van der Waals surface area contributed by atoms with Crippen LogP contribution in [0.5, 0.6) is 0 Å². The van der Waals surface area contributed by atoms with E-state index in [0.29, 0.717) is 31.5 Å². The van der Waals surface area contributed by atoms with Crippen LogP contribution in [0.3, 0.4) is 0 Å². The first-order valence-corrected chi connectivity index (χ1v) is 6.07. The summed E-state index contributed by atoms with van der Waals surface area (Å²) in [4.78, 5) is 24.8. The van der Waals surface area contributed by atoms with Crippen LogP contribution in [0.25, 0.3) is 0 Å². The molecule has 1 aromatic heterocycles. The minimum atomic E-state index is -0.827. The molecule has 0 bridgehead atoms. The molecule has 1 fully saturated rings. The smallest absolute Gasteiger partial charge is 0.308 e. The maximum absolute atomic E-state index is 12.3. The third-order valence-corrected chi connectivity index (χ3v) is 3.30. The van der Waals surface area contributed by atoms with Crippen molar-refractivity contribution in [3.8, 4) is 0 Å². The third kappa shape index (κ3) is 2.23. The molecule has 2 heterocycles. The van der Waals surface area contributed by atoms with Crippen molar-refractivity contribution >= 4 is 11.9 Å². The van der Waals surface area contributed by atoms with Crippen molar-refractivity contribution in [2.24, 2.45) is 13.0 Å². The lowest BCUT2D eigenvalue weighted by Gasteiger charge is -2.15. The highest BCUT2D eigenvalue weighted by Crippen LogP contribution is 2.20. The topological polar surface area (TPSA) is 75.4 Å². The van der Waals surface area contributed by atoms with Crippen molar-refractivity contribution in [3.63, 3.8) is 0 Å². The molecule has 2 rings (SSSR count). The zero-order valence-electron chi connectivity index (χ0n) is 10.6. The van der Waals surface area contributed by atoms with Gasteiger partial charge in [0, 0.05) is 26.3 Å². The summed E-state index contributed by atoms with van der Waals surface area (Å²) in [7, 11) is 1.78. The molecule has 0 spiro atoms. The fourth-order valence-corrected chi connectivity index (χ4v) is 2.29. The fraction of sp³-hybridized carbons (Fsp3) is 0.583. The molecule has 1 aliphatic rings. The van der Waals surface area contributed by atoms with Gasteiger partial charge in [0.05, 0.1) is 17.2 Å². The second-order valence-electron chi connectivity index (χ2n) is 4.59. The van der Waals surface area contributed by atoms with Crippen LogP contribution < -0.4 is 0 Å². The summed E-state index contributed by atoms with van der Waals surface area (Å²) in [5.41, 5.74) is 1.35. The molecule has 1 N–H and O–H groups in total. The van der Waals surface area contributed by atoms with Gasteiger partial charge >= 0.3 is 5.97 Å². The molecule has 0 saturated carbocycles. The number of carbonyl (C=O) groups excluding carboxylic acids is 1. The first kappa shape index (κ1) is 12.6. The molecule has 0 aromatic carbocycles. The average molecular weight is 251 g/mol. The summed E-state index contributed by atoms with van der Waals surface area (Å²) in [6.07, 6.45) is 2.93. The van der Waals surface area contributed by atoms with E-state index in [1.165, 1.54) is 0 Å². The molecule has 1 aliphatic heterocycles. The number of amides is 1. The average Bonchev–Trinajstić information content (AvgIpc) is 2.94. The number of likely N-dealkylation sites (tertiary alicyclic amines) is 1. The highest BCUT2D eigenvalue weighted by molar-refractivity contribution is 5.95. The second kappa shape index (κ2) is 4.80. The number of aryl methyl sites for hydroxylation is 2. The highest BCUT2D eigenvalue weighted by atomic mass is 16.4. The maximum atomic E-state index is 12.3. The van der Waals surface area contributed by atoms with E-state index in [0.717, 1.165) is 5.69 Å². The number of rotatable bonds is 3. The van der Waals surface area contributed by atoms with Crippen molar-refractivity contribution in [1.29, 1.82) is 0 Å². The van der Waals surface area contributed by atoms with E-state index >= 15 is 0 Å². The highest BCUT2D eigenvalue weighted by Gasteiger charge is 2.32. The molecule has 0 aliphatic carbocycles. The molecular weight excluding hydrogens is 234 g/mol. The standard InChI is InChI=1S/C12H17N3O3/c1-3-10-9(7-14(2)13-10)11(16)15-5-4-8(6-15)12(17)18/h7-8H,3-6H2,1-2H3,(H,17,18). The van der Waals surface area contributed by atoms with E-state index in [9.17, 15) is 9.59 Å². The van der Waals surface area contributed by atoms with Gasteiger partial charge < -0.3 is 10.0 Å². The Balaban J connectivity index is 2.15. The maximum Gasteiger partial charge on any atom is 0.308 e. The van der Waals surface area contributed by atoms with Gasteiger partial charge in [-0.15, -0.1) is 0 Å². The molecule has 6 heteroatoms. The molecular formula is C12H17N3O3. The minimum Gasteiger partial charge on any atom is -0.481 e. The van der Waals surface area contributed by atoms with Gasteiger partial charge in [-0.25, -0.2) is 0 Å². The van der Waals surface area contributed by atoms with Gasteiger partial charge in [-0.05, 0) is 12.8 Å². The summed E-state index contributed by atoms with van der Waals surface area (Å²) in [6, 6.07) is 0. The van der Waals surface area contributed by atoms with Crippen molar-refractivity contribution in [1.82, 2.24) is 14.7 Å². The lowest BCUT2D eigenvalue weighted by atomic mass is 10.1. The lowest BCUT2D eigenvalue weighted by molar-refractivity contribution is -0.141. The van der Waals surface area contributed by atoms with Crippen LogP contribution in [-0.2, 0) is 18.3 Å². The Bertz CT molecular complexity index is 481. The van der Waals surface area contributed by atoms with Crippen LogP contribution >= 0.6 is 0 Å². The Hall–Kier alpha value is -1.85. The number of carbonyl (C=O) groups is 2. The second-order valence-corrected chi connectivity index (χ2v) is 4.59. The number of hydrogen-bond acceptors (Lipinski definition) is 3. The summed E-state index contributed by atoms with van der Waals surface area (Å²) >= 11 is 0. The van der Waals surface area contributed by atoms with Gasteiger partial charge in [0.1, 0.15) is 0 Å². The Kier molecular flexibility index (Phi) is 3.36. The summed E-state index contributed by atoms with van der Waals surface area (Å²) in [6.45, 7) is 2.75. The quantitative estimate of drug-likeness (QED) is 0.850. The Morgan fingerprint density at radius 2 is 2.28 bits per heavy atom. The first-order valence-electron chi connectivity index (χ1n) is 6.07. The SMILES string of the molecule is CCc1nn(C)cc1C(=O)N1CCC(C(=O)O)C1. The molecule has 6 nitrogen and oxygen atoms in total. The molecule has 18 heavy (non-hydrogen) atoms. The van der Waals surface area contributed by atoms with Gasteiger partial charge in [0.25, 0.3) is 5.91 Å². The van der Waals surface area contributed by atoms with Crippen LogP contribution in [-0.4, -0.2) is 44.8 Å². The van der Waals surface area contributed by atoms with Crippen LogP contribution in [0.1, 0.15) is 29.4 Å². The van der Waals surface area contributed by atoms with E-state index < -0.39 is 11.9 Å². The Morgan fingerprint density at radius 1 is 1.56 bits per heavy atom. The van der Waals surface area contributed by atoms with Crippen LogP contribution in [0.2, 0.25) is 0 Å². The lowest BCUT2D eigenvalue weighted by Crippen LogP contribution is -2.30. The molecule has 1 unspecified atom stereocenters. The zero-order valence-corrected chi connectivity index (χ0v) is 10.6. The Morgan fingerprint density at radius 3 is 2.83 bits per heavy atom. The minimum absolute atomic E-state index is 0.108. The van der Waals surface area contributed by atoms with Gasteiger partial charge in [-0.3, -0.25) is 14.3 Å². The first-order chi connectivity index (χ1) is 8.52. The fourth-order valence-electron chi connectivity index (χ4n) is 2.29. The third-order valence-electron chi connectivity index (χ3n) is 3.30. The Labute approximate surface area is 105 Å². The molecule has 0 radical (unpaired) electrons. The number of nitrogens with zero attached hydrogens (tertiary/aromatic N) is 3. The molecule has 1 saturated heterocycles. The molecule has 1 atom stereocenters. The van der Waals surface area contributed by atoms with Gasteiger partial charge in [-0.2, -0.15) is 5.10 Å². The number of aliphatic carboxylic acids is 1. The van der Waals surface area contributed by atoms with Crippen molar-refractivity contribution in [2.75, 3.05) is 13.1 Å².